The van der Waals surface area contributed by atoms with Gasteiger partial charge in [0, 0.05) is 29.7 Å². The molecule has 0 radical (unpaired) electrons. The molecule has 0 unspecified atom stereocenters. The minimum absolute atomic E-state index is 0.0934. The number of rotatable bonds is 7. The summed E-state index contributed by atoms with van der Waals surface area (Å²) in [5, 5.41) is 14.5. The molecule has 1 aromatic carbocycles. The van der Waals surface area contributed by atoms with Gasteiger partial charge in [0.25, 0.3) is 5.89 Å². The smallest absolute Gasteiger partial charge is 0.282 e. The molecule has 0 bridgehead atoms. The highest BCUT2D eigenvalue weighted by Crippen LogP contribution is 2.30. The molecule has 31 heavy (non-hydrogen) atoms. The van der Waals surface area contributed by atoms with Crippen LogP contribution in [0.2, 0.25) is 0 Å². The van der Waals surface area contributed by atoms with Crippen LogP contribution in [0, 0.1) is 0 Å². The molecular weight excluding hydrogens is 404 g/mol. The van der Waals surface area contributed by atoms with E-state index in [1.54, 1.807) is 42.7 Å². The zero-order chi connectivity index (χ0) is 21.8. The molecule has 0 spiro atoms. The summed E-state index contributed by atoms with van der Waals surface area (Å²) in [6, 6.07) is 8.51. The first kappa shape index (κ1) is 19.8. The van der Waals surface area contributed by atoms with Gasteiger partial charge in [0.1, 0.15) is 6.54 Å². The average molecular weight is 422 g/mol. The largest absolute Gasteiger partial charge is 0.493 e. The minimum atomic E-state index is -0.363. The van der Waals surface area contributed by atoms with Crippen LogP contribution in [0.3, 0.4) is 0 Å². The number of amides is 1. The number of benzene rings is 1. The molecule has 158 valence electrons. The number of pyridine rings is 1. The van der Waals surface area contributed by atoms with Crippen LogP contribution in [0.1, 0.15) is 0 Å². The van der Waals surface area contributed by atoms with Gasteiger partial charge in [0.05, 0.1) is 14.2 Å². The first-order valence-electron chi connectivity index (χ1n) is 9.04. The number of nitrogens with two attached hydrogens (primary N) is 1. The standard InChI is InChI=1S/C19H18N8O4/c1-29-13-4-3-12(9-14(13)30-2)22-15(28)10-27-17(20)16(24-26-27)19-23-18(25-31-19)11-5-7-21-8-6-11/h3-9H,10,20H2,1-2H3,(H,22,28). The topological polar surface area (TPSA) is 156 Å². The van der Waals surface area contributed by atoms with E-state index < -0.39 is 0 Å². The van der Waals surface area contributed by atoms with Crippen LogP contribution in [-0.2, 0) is 11.3 Å². The van der Waals surface area contributed by atoms with Gasteiger partial charge >= 0.3 is 0 Å². The molecule has 1 amide bonds. The Morgan fingerprint density at radius 1 is 1.16 bits per heavy atom. The highest BCUT2D eigenvalue weighted by atomic mass is 16.5. The summed E-state index contributed by atoms with van der Waals surface area (Å²) in [6.45, 7) is -0.168. The van der Waals surface area contributed by atoms with Crippen LogP contribution in [0.25, 0.3) is 23.0 Å². The predicted molar refractivity (Wildman–Crippen MR) is 109 cm³/mol. The first-order valence-corrected chi connectivity index (χ1v) is 9.04. The van der Waals surface area contributed by atoms with Gasteiger partial charge in [-0.05, 0) is 24.3 Å². The number of anilines is 2. The lowest BCUT2D eigenvalue weighted by molar-refractivity contribution is -0.116. The molecular formula is C19H18N8O4. The fourth-order valence-corrected chi connectivity index (χ4v) is 2.78. The number of nitrogens with zero attached hydrogens (tertiary/aromatic N) is 6. The van der Waals surface area contributed by atoms with E-state index >= 15 is 0 Å². The summed E-state index contributed by atoms with van der Waals surface area (Å²) in [7, 11) is 3.04. The number of carbonyl (C=O) groups excluding carboxylic acids is 1. The third-order valence-corrected chi connectivity index (χ3v) is 4.30. The van der Waals surface area contributed by atoms with Gasteiger partial charge in [-0.1, -0.05) is 10.4 Å². The van der Waals surface area contributed by atoms with Crippen LogP contribution in [-0.4, -0.2) is 50.2 Å². The number of ether oxygens (including phenoxy) is 2. The Bertz CT molecular complexity index is 1200. The second-order valence-electron chi connectivity index (χ2n) is 6.26. The number of methoxy groups -OCH3 is 2. The maximum atomic E-state index is 12.4. The van der Waals surface area contributed by atoms with Crippen molar-refractivity contribution in [3.8, 4) is 34.5 Å². The van der Waals surface area contributed by atoms with Crippen molar-refractivity contribution in [3.63, 3.8) is 0 Å². The Hall–Kier alpha value is -4.48. The van der Waals surface area contributed by atoms with Crippen molar-refractivity contribution < 1.29 is 18.8 Å². The fourth-order valence-electron chi connectivity index (χ4n) is 2.78. The molecule has 0 aliphatic carbocycles. The quantitative estimate of drug-likeness (QED) is 0.448. The van der Waals surface area contributed by atoms with E-state index in [4.69, 9.17) is 19.7 Å². The van der Waals surface area contributed by atoms with Crippen molar-refractivity contribution >= 4 is 17.4 Å². The Balaban J connectivity index is 1.48. The van der Waals surface area contributed by atoms with Crippen molar-refractivity contribution in [3.05, 3.63) is 42.7 Å². The number of hydrogen-bond donors (Lipinski definition) is 2. The lowest BCUT2D eigenvalue weighted by Gasteiger charge is -2.10. The molecule has 12 nitrogen and oxygen atoms in total. The molecule has 3 heterocycles. The number of hydrogen-bond acceptors (Lipinski definition) is 10. The number of nitrogens with one attached hydrogen (secondary N) is 1. The van der Waals surface area contributed by atoms with Crippen LogP contribution < -0.4 is 20.5 Å². The van der Waals surface area contributed by atoms with Crippen LogP contribution in [0.5, 0.6) is 11.5 Å². The molecule has 3 N–H and O–H groups in total. The van der Waals surface area contributed by atoms with Crippen LogP contribution >= 0.6 is 0 Å². The molecule has 0 atom stereocenters. The third-order valence-electron chi connectivity index (χ3n) is 4.30. The monoisotopic (exact) mass is 422 g/mol. The molecule has 0 saturated carbocycles. The lowest BCUT2D eigenvalue weighted by Crippen LogP contribution is -2.20. The molecule has 3 aromatic heterocycles. The van der Waals surface area contributed by atoms with Crippen molar-refractivity contribution in [1.29, 1.82) is 0 Å². The SMILES string of the molecule is COc1ccc(NC(=O)Cn2nnc(-c3nc(-c4ccncc4)no3)c2N)cc1OC. The maximum Gasteiger partial charge on any atom is 0.282 e. The van der Waals surface area contributed by atoms with Gasteiger partial charge in [-0.25, -0.2) is 4.68 Å². The van der Waals surface area contributed by atoms with Gasteiger partial charge in [0.15, 0.2) is 23.0 Å². The summed E-state index contributed by atoms with van der Waals surface area (Å²) < 4.78 is 16.9. The maximum absolute atomic E-state index is 12.4. The van der Waals surface area contributed by atoms with E-state index in [1.807, 2.05) is 0 Å². The molecule has 12 heteroatoms. The van der Waals surface area contributed by atoms with E-state index in [2.05, 4.69) is 30.8 Å². The van der Waals surface area contributed by atoms with E-state index in [0.29, 0.717) is 23.0 Å². The van der Waals surface area contributed by atoms with E-state index in [1.165, 1.54) is 18.9 Å². The van der Waals surface area contributed by atoms with Crippen molar-refractivity contribution in [2.45, 2.75) is 6.54 Å². The Morgan fingerprint density at radius 3 is 2.68 bits per heavy atom. The summed E-state index contributed by atoms with van der Waals surface area (Å²) in [6.07, 6.45) is 3.24. The summed E-state index contributed by atoms with van der Waals surface area (Å²) in [4.78, 5) is 20.7. The molecule has 4 aromatic rings. The van der Waals surface area contributed by atoms with Crippen LogP contribution in [0.15, 0.2) is 47.2 Å². The zero-order valence-electron chi connectivity index (χ0n) is 16.6. The molecule has 0 aliphatic heterocycles. The first-order chi connectivity index (χ1) is 15.1. The van der Waals surface area contributed by atoms with E-state index in [0.717, 1.165) is 5.56 Å². The summed E-state index contributed by atoms with van der Waals surface area (Å²) >= 11 is 0. The van der Waals surface area contributed by atoms with Crippen LogP contribution in [0.4, 0.5) is 11.5 Å². The van der Waals surface area contributed by atoms with Gasteiger partial charge in [-0.2, -0.15) is 4.98 Å². The van der Waals surface area contributed by atoms with Gasteiger partial charge in [-0.15, -0.1) is 5.10 Å². The Morgan fingerprint density at radius 2 is 1.94 bits per heavy atom. The Labute approximate surface area is 176 Å². The van der Waals surface area contributed by atoms with Crippen molar-refractivity contribution in [2.75, 3.05) is 25.3 Å². The minimum Gasteiger partial charge on any atom is -0.493 e. The lowest BCUT2D eigenvalue weighted by atomic mass is 10.2. The van der Waals surface area contributed by atoms with E-state index in [-0.39, 0.29) is 29.9 Å². The van der Waals surface area contributed by atoms with Crippen molar-refractivity contribution in [2.24, 2.45) is 0 Å². The highest BCUT2D eigenvalue weighted by molar-refractivity contribution is 5.91. The summed E-state index contributed by atoms with van der Waals surface area (Å²) in [5.74, 6) is 1.25. The normalized spacial score (nSPS) is 10.6. The van der Waals surface area contributed by atoms with Gasteiger partial charge in [0.2, 0.25) is 11.7 Å². The van der Waals surface area contributed by atoms with E-state index in [9.17, 15) is 4.79 Å². The van der Waals surface area contributed by atoms with Gasteiger partial charge < -0.3 is 25.0 Å². The Kier molecular flexibility index (Phi) is 5.43. The van der Waals surface area contributed by atoms with Crippen molar-refractivity contribution in [1.82, 2.24) is 30.1 Å². The number of nitrogen functional groups attached to an aromatic ring is 1. The number of carbonyl (C=O) groups is 1. The molecule has 0 saturated heterocycles. The molecule has 0 aliphatic rings. The average Bonchev–Trinajstić information content (AvgIpc) is 3.41. The zero-order valence-corrected chi connectivity index (χ0v) is 16.6. The number of aromatic nitrogens is 6. The highest BCUT2D eigenvalue weighted by Gasteiger charge is 2.20. The molecule has 4 rings (SSSR count). The van der Waals surface area contributed by atoms with Gasteiger partial charge in [-0.3, -0.25) is 9.78 Å². The summed E-state index contributed by atoms with van der Waals surface area (Å²) in [5.41, 5.74) is 7.53. The fraction of sp³-hybridized carbons (Fsp3) is 0.158. The molecule has 0 fully saturated rings. The second-order valence-corrected chi connectivity index (χ2v) is 6.26. The second kappa shape index (κ2) is 8.49. The predicted octanol–water partition coefficient (Wildman–Crippen LogP) is 1.63. The third kappa shape index (κ3) is 4.12.